The average Bonchev–Trinajstić information content (AvgIpc) is 2.07. The lowest BCUT2D eigenvalue weighted by molar-refractivity contribution is -0.104. The van der Waals surface area contributed by atoms with Crippen LogP contribution in [0, 0.1) is 0 Å². The summed E-state index contributed by atoms with van der Waals surface area (Å²) in [5.74, 6) is 0. The minimum atomic E-state index is 0.473. The smallest absolute Gasteiger partial charge is 0.144 e. The maximum absolute atomic E-state index is 10.0. The van der Waals surface area contributed by atoms with Crippen molar-refractivity contribution in [3.63, 3.8) is 0 Å². The molecule has 0 bridgehead atoms. The van der Waals surface area contributed by atoms with Gasteiger partial charge in [-0.15, -0.1) is 0 Å². The quantitative estimate of drug-likeness (QED) is 0.487. The zero-order chi connectivity index (χ0) is 8.10. The van der Waals surface area contributed by atoms with Crippen LogP contribution in [-0.2, 0) is 4.79 Å². The molecule has 0 amide bonds. The normalized spacial score (nSPS) is 11.2. The second-order valence-electron chi connectivity index (χ2n) is 2.02. The molecule has 0 spiro atoms. The fourth-order valence-corrected chi connectivity index (χ4v) is 0.931. The fraction of sp³-hybridized carbons (Fsp3) is 0. The lowest BCUT2D eigenvalue weighted by Crippen LogP contribution is -1.75. The van der Waals surface area contributed by atoms with Gasteiger partial charge < -0.3 is 0 Å². The van der Waals surface area contributed by atoms with E-state index < -0.39 is 0 Å². The third-order valence-electron chi connectivity index (χ3n) is 1.26. The van der Waals surface area contributed by atoms with Crippen LogP contribution < -0.4 is 0 Å². The summed E-state index contributed by atoms with van der Waals surface area (Å²) >= 11 is 5.74. The molecule has 2 heteroatoms. The summed E-state index contributed by atoms with van der Waals surface area (Å²) in [6.07, 6.45) is 2.01. The van der Waals surface area contributed by atoms with Crippen LogP contribution in [0.25, 0.3) is 5.03 Å². The van der Waals surface area contributed by atoms with Crippen LogP contribution in [0.1, 0.15) is 5.56 Å². The maximum atomic E-state index is 10.0. The number of halogens is 1. The molecule has 0 N–H and O–H groups in total. The predicted octanol–water partition coefficient (Wildman–Crippen LogP) is 2.47. The highest BCUT2D eigenvalue weighted by Gasteiger charge is 1.93. The van der Waals surface area contributed by atoms with Crippen molar-refractivity contribution in [2.24, 2.45) is 0 Å². The summed E-state index contributed by atoms with van der Waals surface area (Å²) in [4.78, 5) is 10.0. The molecule has 0 unspecified atom stereocenters. The van der Waals surface area contributed by atoms with Crippen molar-refractivity contribution in [1.82, 2.24) is 0 Å². The summed E-state index contributed by atoms with van der Waals surface area (Å²) in [5.41, 5.74) is 0.862. The van der Waals surface area contributed by atoms with E-state index in [9.17, 15) is 4.79 Å². The topological polar surface area (TPSA) is 17.1 Å². The van der Waals surface area contributed by atoms with Crippen molar-refractivity contribution < 1.29 is 4.79 Å². The Labute approximate surface area is 70.3 Å². The Balaban J connectivity index is 2.94. The largest absolute Gasteiger partial charge is 0.299 e. The lowest BCUT2D eigenvalue weighted by Gasteiger charge is -1.94. The van der Waals surface area contributed by atoms with Crippen molar-refractivity contribution in [1.29, 1.82) is 0 Å². The van der Waals surface area contributed by atoms with Crippen LogP contribution in [0.3, 0.4) is 0 Å². The van der Waals surface area contributed by atoms with Crippen molar-refractivity contribution in [3.05, 3.63) is 42.0 Å². The molecule has 0 heterocycles. The van der Waals surface area contributed by atoms with E-state index in [4.69, 9.17) is 11.6 Å². The molecule has 0 aromatic heterocycles. The second-order valence-corrected chi connectivity index (χ2v) is 2.42. The van der Waals surface area contributed by atoms with Crippen LogP contribution in [0.4, 0.5) is 0 Å². The van der Waals surface area contributed by atoms with Gasteiger partial charge in [-0.25, -0.2) is 0 Å². The minimum Gasteiger partial charge on any atom is -0.299 e. The zero-order valence-corrected chi connectivity index (χ0v) is 6.58. The van der Waals surface area contributed by atoms with E-state index in [0.29, 0.717) is 11.3 Å². The fourth-order valence-electron chi connectivity index (χ4n) is 0.753. The first kappa shape index (κ1) is 8.02. The molecule has 0 aliphatic heterocycles. The molecule has 11 heavy (non-hydrogen) atoms. The van der Waals surface area contributed by atoms with E-state index in [1.54, 1.807) is 0 Å². The van der Waals surface area contributed by atoms with Crippen LogP contribution in [-0.4, -0.2) is 6.29 Å². The molecule has 0 aliphatic carbocycles. The van der Waals surface area contributed by atoms with E-state index in [1.165, 1.54) is 6.08 Å². The van der Waals surface area contributed by atoms with Crippen molar-refractivity contribution >= 4 is 22.9 Å². The average molecular weight is 167 g/mol. The third-order valence-corrected chi connectivity index (χ3v) is 1.61. The first-order valence-corrected chi connectivity index (χ1v) is 3.59. The number of carbonyl (C=O) groups is 1. The van der Waals surface area contributed by atoms with Gasteiger partial charge in [-0.05, 0) is 11.6 Å². The van der Waals surface area contributed by atoms with Gasteiger partial charge in [0, 0.05) is 0 Å². The SMILES string of the molecule is O=C/C=C(/Cl)c1ccccc1. The standard InChI is InChI=1S/C9H7ClO/c10-9(6-7-11)8-4-2-1-3-5-8/h1-7H/b9-6+. The van der Waals surface area contributed by atoms with Crippen LogP contribution in [0.5, 0.6) is 0 Å². The number of hydrogen-bond acceptors (Lipinski definition) is 1. The van der Waals surface area contributed by atoms with Gasteiger partial charge in [0.1, 0.15) is 6.29 Å². The Hall–Kier alpha value is -1.08. The van der Waals surface area contributed by atoms with Crippen molar-refractivity contribution in [2.75, 3.05) is 0 Å². The molecule has 0 atom stereocenters. The first-order valence-electron chi connectivity index (χ1n) is 3.21. The molecule has 1 aromatic carbocycles. The van der Waals surface area contributed by atoms with Gasteiger partial charge >= 0.3 is 0 Å². The van der Waals surface area contributed by atoms with Gasteiger partial charge in [0.05, 0.1) is 5.03 Å². The number of carbonyl (C=O) groups excluding carboxylic acids is 1. The van der Waals surface area contributed by atoms with Gasteiger partial charge in [0.2, 0.25) is 0 Å². The molecule has 1 rings (SSSR count). The Morgan fingerprint density at radius 2 is 1.91 bits per heavy atom. The molecular formula is C9H7ClO. The van der Waals surface area contributed by atoms with Gasteiger partial charge in [-0.3, -0.25) is 4.79 Å². The summed E-state index contributed by atoms with van der Waals surface area (Å²) < 4.78 is 0. The Morgan fingerprint density at radius 3 is 2.45 bits per heavy atom. The highest BCUT2D eigenvalue weighted by atomic mass is 35.5. The lowest BCUT2D eigenvalue weighted by atomic mass is 10.2. The first-order chi connectivity index (χ1) is 5.34. The highest BCUT2D eigenvalue weighted by molar-refractivity contribution is 6.49. The maximum Gasteiger partial charge on any atom is 0.144 e. The van der Waals surface area contributed by atoms with Crippen molar-refractivity contribution in [3.8, 4) is 0 Å². The Kier molecular flexibility index (Phi) is 2.87. The predicted molar refractivity (Wildman–Crippen MR) is 46.3 cm³/mol. The molecule has 0 aliphatic rings. The third kappa shape index (κ3) is 2.20. The zero-order valence-electron chi connectivity index (χ0n) is 5.83. The van der Waals surface area contributed by atoms with Gasteiger partial charge in [0.15, 0.2) is 0 Å². The molecular weight excluding hydrogens is 160 g/mol. The van der Waals surface area contributed by atoms with E-state index in [0.717, 1.165) is 5.56 Å². The van der Waals surface area contributed by atoms with E-state index >= 15 is 0 Å². The van der Waals surface area contributed by atoms with Gasteiger partial charge in [-0.1, -0.05) is 41.9 Å². The number of allylic oxidation sites excluding steroid dienone is 1. The second kappa shape index (κ2) is 3.94. The monoisotopic (exact) mass is 166 g/mol. The molecule has 0 saturated carbocycles. The number of aldehydes is 1. The molecule has 0 radical (unpaired) electrons. The van der Waals surface area contributed by atoms with Gasteiger partial charge in [-0.2, -0.15) is 0 Å². The van der Waals surface area contributed by atoms with E-state index in [-0.39, 0.29) is 0 Å². The molecule has 0 saturated heterocycles. The van der Waals surface area contributed by atoms with Crippen LogP contribution in [0.15, 0.2) is 36.4 Å². The Morgan fingerprint density at radius 1 is 1.27 bits per heavy atom. The van der Waals surface area contributed by atoms with E-state index in [1.807, 2.05) is 30.3 Å². The van der Waals surface area contributed by atoms with Gasteiger partial charge in [0.25, 0.3) is 0 Å². The number of rotatable bonds is 2. The molecule has 1 aromatic rings. The van der Waals surface area contributed by atoms with Crippen LogP contribution >= 0.6 is 11.6 Å². The van der Waals surface area contributed by atoms with Crippen molar-refractivity contribution in [2.45, 2.75) is 0 Å². The summed E-state index contributed by atoms with van der Waals surface area (Å²) in [6, 6.07) is 9.34. The summed E-state index contributed by atoms with van der Waals surface area (Å²) in [7, 11) is 0. The minimum absolute atomic E-state index is 0.473. The molecule has 1 nitrogen and oxygen atoms in total. The van der Waals surface area contributed by atoms with E-state index in [2.05, 4.69) is 0 Å². The molecule has 0 fully saturated rings. The summed E-state index contributed by atoms with van der Waals surface area (Å²) in [6.45, 7) is 0. The highest BCUT2D eigenvalue weighted by Crippen LogP contribution is 2.16. The molecule has 56 valence electrons. The number of hydrogen-bond donors (Lipinski definition) is 0. The Bertz CT molecular complexity index is 264. The number of benzene rings is 1. The van der Waals surface area contributed by atoms with Crippen LogP contribution in [0.2, 0.25) is 0 Å². The summed E-state index contributed by atoms with van der Waals surface area (Å²) in [5, 5.41) is 0.473.